The summed E-state index contributed by atoms with van der Waals surface area (Å²) in [6, 6.07) is 14.7. The van der Waals surface area contributed by atoms with Gasteiger partial charge in [-0.3, -0.25) is 0 Å². The van der Waals surface area contributed by atoms with Crippen molar-refractivity contribution in [2.75, 3.05) is 14.2 Å². The zero-order valence-corrected chi connectivity index (χ0v) is 13.5. The van der Waals surface area contributed by atoms with Gasteiger partial charge >= 0.3 is 0 Å². The van der Waals surface area contributed by atoms with E-state index in [4.69, 9.17) is 4.74 Å². The Morgan fingerprint density at radius 1 is 1.00 bits per heavy atom. The molecule has 0 bridgehead atoms. The van der Waals surface area contributed by atoms with Crippen LogP contribution in [0.5, 0.6) is 5.75 Å². The van der Waals surface area contributed by atoms with Crippen LogP contribution in [0.4, 0.5) is 0 Å². The Morgan fingerprint density at radius 3 is 2.27 bits per heavy atom. The third-order valence-corrected chi connectivity index (χ3v) is 4.68. The maximum atomic E-state index is 11.8. The molecule has 2 aromatic rings. The first kappa shape index (κ1) is 16.5. The van der Waals surface area contributed by atoms with E-state index < -0.39 is 10.0 Å². The Morgan fingerprint density at radius 2 is 1.64 bits per heavy atom. The number of methoxy groups -OCH3 is 1. The fraction of sp³-hybridized carbons (Fsp3) is 0.250. The average molecular weight is 320 g/mol. The van der Waals surface area contributed by atoms with E-state index in [0.29, 0.717) is 13.1 Å². The van der Waals surface area contributed by atoms with Gasteiger partial charge in [0.2, 0.25) is 10.0 Å². The van der Waals surface area contributed by atoms with Gasteiger partial charge in [0.05, 0.1) is 12.0 Å². The molecule has 0 fully saturated rings. The van der Waals surface area contributed by atoms with E-state index >= 15 is 0 Å². The summed E-state index contributed by atoms with van der Waals surface area (Å²) in [6.45, 7) is 1.27. The number of rotatable bonds is 7. The number of benzene rings is 2. The first-order chi connectivity index (χ1) is 10.5. The predicted octanol–water partition coefficient (Wildman–Crippen LogP) is 1.89. The maximum Gasteiger partial charge on any atom is 0.240 e. The molecule has 5 nitrogen and oxygen atoms in total. The van der Waals surface area contributed by atoms with Gasteiger partial charge in [-0.05, 0) is 42.4 Å². The van der Waals surface area contributed by atoms with Crippen molar-refractivity contribution >= 4 is 10.0 Å². The molecule has 0 aliphatic heterocycles. The van der Waals surface area contributed by atoms with Gasteiger partial charge in [0, 0.05) is 13.1 Å². The minimum Gasteiger partial charge on any atom is -0.497 e. The number of ether oxygens (including phenoxy) is 1. The Labute approximate surface area is 131 Å². The lowest BCUT2D eigenvalue weighted by Gasteiger charge is -2.08. The fourth-order valence-corrected chi connectivity index (χ4v) is 2.87. The molecule has 0 heterocycles. The molecule has 0 unspecified atom stereocenters. The molecule has 0 saturated heterocycles. The highest BCUT2D eigenvalue weighted by Crippen LogP contribution is 2.13. The molecule has 0 aliphatic carbocycles. The minimum absolute atomic E-state index is 0.274. The normalized spacial score (nSPS) is 11.4. The molecule has 118 valence electrons. The summed E-state index contributed by atoms with van der Waals surface area (Å²) < 4.78 is 31.0. The smallest absolute Gasteiger partial charge is 0.240 e. The topological polar surface area (TPSA) is 67.4 Å². The van der Waals surface area contributed by atoms with Gasteiger partial charge < -0.3 is 10.1 Å². The van der Waals surface area contributed by atoms with E-state index in [2.05, 4.69) is 10.0 Å². The third-order valence-electron chi connectivity index (χ3n) is 3.27. The van der Waals surface area contributed by atoms with E-state index in [9.17, 15) is 8.42 Å². The van der Waals surface area contributed by atoms with Crippen LogP contribution in [0.1, 0.15) is 11.1 Å². The van der Waals surface area contributed by atoms with Crippen molar-refractivity contribution in [1.82, 2.24) is 10.0 Å². The summed E-state index contributed by atoms with van der Waals surface area (Å²) in [5.74, 6) is 0.821. The van der Waals surface area contributed by atoms with Crippen molar-refractivity contribution in [1.29, 1.82) is 0 Å². The Hall–Kier alpha value is -1.89. The van der Waals surface area contributed by atoms with Gasteiger partial charge in [0.1, 0.15) is 5.75 Å². The van der Waals surface area contributed by atoms with Gasteiger partial charge in [-0.1, -0.05) is 24.3 Å². The van der Waals surface area contributed by atoms with Crippen LogP contribution in [0.15, 0.2) is 53.4 Å². The third kappa shape index (κ3) is 4.30. The van der Waals surface area contributed by atoms with Crippen LogP contribution < -0.4 is 14.8 Å². The number of hydrogen-bond donors (Lipinski definition) is 2. The first-order valence-electron chi connectivity index (χ1n) is 6.91. The second kappa shape index (κ2) is 7.40. The number of nitrogens with one attached hydrogen (secondary N) is 2. The molecule has 0 aliphatic rings. The van der Waals surface area contributed by atoms with Crippen LogP contribution in [-0.4, -0.2) is 22.6 Å². The standard InChI is InChI=1S/C16H20N2O3S/c1-17-22(19,20)16-8-4-6-14(10-16)12-18-11-13-5-3-7-15(9-13)21-2/h3-10,17-18H,11-12H2,1-2H3. The van der Waals surface area contributed by atoms with Crippen molar-refractivity contribution in [3.05, 3.63) is 59.7 Å². The zero-order chi connectivity index (χ0) is 16.0. The molecule has 2 rings (SSSR count). The Kier molecular flexibility index (Phi) is 5.54. The molecular weight excluding hydrogens is 300 g/mol. The summed E-state index contributed by atoms with van der Waals surface area (Å²) in [5.41, 5.74) is 2.03. The highest BCUT2D eigenvalue weighted by Gasteiger charge is 2.11. The van der Waals surface area contributed by atoms with E-state index in [0.717, 1.165) is 16.9 Å². The largest absolute Gasteiger partial charge is 0.497 e. The summed E-state index contributed by atoms with van der Waals surface area (Å²) in [7, 11) is -0.356. The van der Waals surface area contributed by atoms with E-state index in [1.807, 2.05) is 30.3 Å². The van der Waals surface area contributed by atoms with Crippen molar-refractivity contribution in [3.63, 3.8) is 0 Å². The van der Waals surface area contributed by atoms with Crippen LogP contribution in [0, 0.1) is 0 Å². The Balaban J connectivity index is 1.99. The van der Waals surface area contributed by atoms with Crippen molar-refractivity contribution in [3.8, 4) is 5.75 Å². The average Bonchev–Trinajstić information content (AvgIpc) is 2.55. The van der Waals surface area contributed by atoms with Crippen molar-refractivity contribution in [2.45, 2.75) is 18.0 Å². The van der Waals surface area contributed by atoms with Crippen LogP contribution >= 0.6 is 0 Å². The molecule has 0 aromatic heterocycles. The molecule has 2 aromatic carbocycles. The molecule has 0 atom stereocenters. The molecule has 6 heteroatoms. The van der Waals surface area contributed by atoms with Crippen molar-refractivity contribution < 1.29 is 13.2 Å². The van der Waals surface area contributed by atoms with Crippen LogP contribution in [0.2, 0.25) is 0 Å². The minimum atomic E-state index is -3.40. The zero-order valence-electron chi connectivity index (χ0n) is 12.7. The molecule has 0 saturated carbocycles. The first-order valence-corrected chi connectivity index (χ1v) is 8.39. The fourth-order valence-electron chi connectivity index (χ4n) is 2.07. The highest BCUT2D eigenvalue weighted by atomic mass is 32.2. The summed E-state index contributed by atoms with van der Waals surface area (Å²) in [4.78, 5) is 0.274. The van der Waals surface area contributed by atoms with Crippen molar-refractivity contribution in [2.24, 2.45) is 0 Å². The molecule has 2 N–H and O–H groups in total. The van der Waals surface area contributed by atoms with Gasteiger partial charge in [-0.25, -0.2) is 13.1 Å². The van der Waals surface area contributed by atoms with Gasteiger partial charge in [-0.15, -0.1) is 0 Å². The van der Waals surface area contributed by atoms with E-state index in [1.54, 1.807) is 25.3 Å². The Bertz CT molecular complexity index is 730. The molecule has 0 amide bonds. The molecule has 22 heavy (non-hydrogen) atoms. The van der Waals surface area contributed by atoms with Gasteiger partial charge in [-0.2, -0.15) is 0 Å². The van der Waals surface area contributed by atoms with Gasteiger partial charge in [0.25, 0.3) is 0 Å². The lowest BCUT2D eigenvalue weighted by atomic mass is 10.2. The number of hydrogen-bond acceptors (Lipinski definition) is 4. The molecule has 0 radical (unpaired) electrons. The quantitative estimate of drug-likeness (QED) is 0.817. The lowest BCUT2D eigenvalue weighted by molar-refractivity contribution is 0.414. The number of sulfonamides is 1. The van der Waals surface area contributed by atoms with Crippen LogP contribution in [0.25, 0.3) is 0 Å². The van der Waals surface area contributed by atoms with Crippen LogP contribution in [-0.2, 0) is 23.1 Å². The summed E-state index contributed by atoms with van der Waals surface area (Å²) >= 11 is 0. The molecular formula is C16H20N2O3S. The second-order valence-electron chi connectivity index (χ2n) is 4.81. The van der Waals surface area contributed by atoms with Gasteiger partial charge in [0.15, 0.2) is 0 Å². The van der Waals surface area contributed by atoms with E-state index in [1.165, 1.54) is 7.05 Å². The second-order valence-corrected chi connectivity index (χ2v) is 6.70. The predicted molar refractivity (Wildman–Crippen MR) is 86.2 cm³/mol. The van der Waals surface area contributed by atoms with Crippen LogP contribution in [0.3, 0.4) is 0 Å². The lowest BCUT2D eigenvalue weighted by Crippen LogP contribution is -2.19. The SMILES string of the molecule is CNS(=O)(=O)c1cccc(CNCc2cccc(OC)c2)c1. The summed E-state index contributed by atoms with van der Waals surface area (Å²) in [6.07, 6.45) is 0. The highest BCUT2D eigenvalue weighted by molar-refractivity contribution is 7.89. The molecule has 0 spiro atoms. The van der Waals surface area contributed by atoms with E-state index in [-0.39, 0.29) is 4.90 Å². The maximum absolute atomic E-state index is 11.8. The monoisotopic (exact) mass is 320 g/mol. The summed E-state index contributed by atoms with van der Waals surface area (Å²) in [5, 5.41) is 3.30.